The standard InChI is InChI=1S/C24H30N2O2/c1-24(2,3)18-11-13-19(14-12-18)27-17-7-15-26-21-9-5-4-8-20(21)25-23(26)22-10-6-16-28-22/h4-5,8-9,11-14,22H,6-7,10,15-17H2,1-3H3. The van der Waals surface area contributed by atoms with E-state index in [1.165, 1.54) is 11.1 Å². The maximum absolute atomic E-state index is 5.98. The molecular weight excluding hydrogens is 348 g/mol. The summed E-state index contributed by atoms with van der Waals surface area (Å²) in [5, 5.41) is 0. The fraction of sp³-hybridized carbons (Fsp3) is 0.458. The van der Waals surface area contributed by atoms with E-state index in [1.54, 1.807) is 0 Å². The van der Waals surface area contributed by atoms with Gasteiger partial charge in [0.15, 0.2) is 0 Å². The number of ether oxygens (including phenoxy) is 2. The maximum atomic E-state index is 5.98. The molecule has 1 aliphatic rings. The molecule has 1 aliphatic heterocycles. The van der Waals surface area contributed by atoms with Crippen molar-refractivity contribution < 1.29 is 9.47 Å². The van der Waals surface area contributed by atoms with Crippen molar-refractivity contribution in [2.24, 2.45) is 0 Å². The first-order valence-corrected chi connectivity index (χ1v) is 10.3. The summed E-state index contributed by atoms with van der Waals surface area (Å²) in [5.74, 6) is 2.00. The molecule has 4 heteroatoms. The van der Waals surface area contributed by atoms with Gasteiger partial charge in [-0.1, -0.05) is 45.0 Å². The van der Waals surface area contributed by atoms with E-state index in [2.05, 4.69) is 67.8 Å². The molecule has 3 aromatic rings. The summed E-state index contributed by atoms with van der Waals surface area (Å²) in [6.07, 6.45) is 3.22. The number of imidazole rings is 1. The minimum absolute atomic E-state index is 0.123. The van der Waals surface area contributed by atoms with E-state index in [1.807, 2.05) is 6.07 Å². The first-order valence-electron chi connectivity index (χ1n) is 10.3. The van der Waals surface area contributed by atoms with E-state index in [0.29, 0.717) is 6.61 Å². The van der Waals surface area contributed by atoms with Crippen molar-refractivity contribution in [3.8, 4) is 5.75 Å². The molecule has 2 heterocycles. The Hall–Kier alpha value is -2.33. The van der Waals surface area contributed by atoms with Gasteiger partial charge in [0.05, 0.1) is 17.6 Å². The summed E-state index contributed by atoms with van der Waals surface area (Å²) in [4.78, 5) is 4.86. The number of nitrogens with zero attached hydrogens (tertiary/aromatic N) is 2. The predicted octanol–water partition coefficient (Wildman–Crippen LogP) is 5.65. The molecule has 0 N–H and O–H groups in total. The molecule has 0 bridgehead atoms. The molecule has 4 rings (SSSR count). The Bertz CT molecular complexity index is 916. The van der Waals surface area contributed by atoms with E-state index in [-0.39, 0.29) is 11.5 Å². The van der Waals surface area contributed by atoms with Gasteiger partial charge >= 0.3 is 0 Å². The Kier molecular flexibility index (Phi) is 5.40. The molecule has 1 unspecified atom stereocenters. The van der Waals surface area contributed by atoms with E-state index >= 15 is 0 Å². The quantitative estimate of drug-likeness (QED) is 0.520. The molecule has 1 atom stereocenters. The maximum Gasteiger partial charge on any atom is 0.139 e. The van der Waals surface area contributed by atoms with Crippen molar-refractivity contribution in [3.63, 3.8) is 0 Å². The van der Waals surface area contributed by atoms with Crippen LogP contribution >= 0.6 is 0 Å². The van der Waals surface area contributed by atoms with Crippen LogP contribution < -0.4 is 4.74 Å². The molecule has 1 fully saturated rings. The van der Waals surface area contributed by atoms with Gasteiger partial charge in [-0.25, -0.2) is 4.98 Å². The summed E-state index contributed by atoms with van der Waals surface area (Å²) < 4.78 is 14.2. The fourth-order valence-corrected chi connectivity index (χ4v) is 3.82. The van der Waals surface area contributed by atoms with E-state index in [0.717, 1.165) is 49.5 Å². The third-order valence-electron chi connectivity index (χ3n) is 5.42. The Morgan fingerprint density at radius 1 is 1.11 bits per heavy atom. The SMILES string of the molecule is CC(C)(C)c1ccc(OCCCn2c(C3CCCO3)nc3ccccc32)cc1. The number of benzene rings is 2. The minimum Gasteiger partial charge on any atom is -0.494 e. The second kappa shape index (κ2) is 7.96. The van der Waals surface area contributed by atoms with E-state index < -0.39 is 0 Å². The Labute approximate surface area is 167 Å². The van der Waals surface area contributed by atoms with Gasteiger partial charge in [-0.05, 0) is 54.5 Å². The van der Waals surface area contributed by atoms with Crippen LogP contribution in [0.1, 0.15) is 57.5 Å². The fourth-order valence-electron chi connectivity index (χ4n) is 3.82. The van der Waals surface area contributed by atoms with Gasteiger partial charge in [-0.3, -0.25) is 0 Å². The van der Waals surface area contributed by atoms with Crippen molar-refractivity contribution in [3.05, 3.63) is 59.9 Å². The van der Waals surface area contributed by atoms with Crippen molar-refractivity contribution in [1.29, 1.82) is 0 Å². The molecule has 0 aliphatic carbocycles. The molecule has 4 nitrogen and oxygen atoms in total. The molecule has 0 radical (unpaired) electrons. The van der Waals surface area contributed by atoms with Crippen LogP contribution in [-0.4, -0.2) is 22.8 Å². The molecule has 1 aromatic heterocycles. The Morgan fingerprint density at radius 2 is 1.89 bits per heavy atom. The highest BCUT2D eigenvalue weighted by molar-refractivity contribution is 5.76. The highest BCUT2D eigenvalue weighted by Crippen LogP contribution is 2.31. The molecule has 0 amide bonds. The van der Waals surface area contributed by atoms with Gasteiger partial charge in [0.25, 0.3) is 0 Å². The zero-order chi connectivity index (χ0) is 19.6. The van der Waals surface area contributed by atoms with Crippen LogP contribution in [-0.2, 0) is 16.7 Å². The highest BCUT2D eigenvalue weighted by atomic mass is 16.5. The summed E-state index contributed by atoms with van der Waals surface area (Å²) in [6, 6.07) is 16.8. The van der Waals surface area contributed by atoms with Crippen LogP contribution in [0.15, 0.2) is 48.5 Å². The van der Waals surface area contributed by atoms with Crippen molar-refractivity contribution in [2.45, 2.75) is 58.1 Å². The monoisotopic (exact) mass is 378 g/mol. The van der Waals surface area contributed by atoms with Crippen LogP contribution in [0.5, 0.6) is 5.75 Å². The first-order chi connectivity index (χ1) is 13.5. The summed E-state index contributed by atoms with van der Waals surface area (Å²) >= 11 is 0. The van der Waals surface area contributed by atoms with Crippen molar-refractivity contribution in [2.75, 3.05) is 13.2 Å². The predicted molar refractivity (Wildman–Crippen MR) is 113 cm³/mol. The summed E-state index contributed by atoms with van der Waals surface area (Å²) in [6.45, 7) is 9.08. The number of para-hydroxylation sites is 2. The number of aryl methyl sites for hydroxylation is 1. The van der Waals surface area contributed by atoms with Gasteiger partial charge in [0.1, 0.15) is 17.7 Å². The Balaban J connectivity index is 1.41. The second-order valence-electron chi connectivity index (χ2n) is 8.59. The van der Waals surface area contributed by atoms with Crippen LogP contribution in [0, 0.1) is 0 Å². The smallest absolute Gasteiger partial charge is 0.139 e. The molecular formula is C24H30N2O2. The molecule has 148 valence electrons. The number of rotatable bonds is 6. The molecule has 0 saturated carbocycles. The van der Waals surface area contributed by atoms with Gasteiger partial charge in [0, 0.05) is 13.2 Å². The molecule has 2 aromatic carbocycles. The van der Waals surface area contributed by atoms with Crippen LogP contribution in [0.25, 0.3) is 11.0 Å². The first kappa shape index (κ1) is 19.0. The van der Waals surface area contributed by atoms with Gasteiger partial charge in [0.2, 0.25) is 0 Å². The lowest BCUT2D eigenvalue weighted by Crippen LogP contribution is -2.12. The highest BCUT2D eigenvalue weighted by Gasteiger charge is 2.24. The van der Waals surface area contributed by atoms with Gasteiger partial charge in [-0.15, -0.1) is 0 Å². The molecule has 28 heavy (non-hydrogen) atoms. The number of fused-ring (bicyclic) bond motifs is 1. The van der Waals surface area contributed by atoms with E-state index in [9.17, 15) is 0 Å². The number of hydrogen-bond donors (Lipinski definition) is 0. The lowest BCUT2D eigenvalue weighted by Gasteiger charge is -2.19. The number of aromatic nitrogens is 2. The van der Waals surface area contributed by atoms with Crippen LogP contribution in [0.3, 0.4) is 0 Å². The van der Waals surface area contributed by atoms with Crippen molar-refractivity contribution in [1.82, 2.24) is 9.55 Å². The zero-order valence-corrected chi connectivity index (χ0v) is 17.1. The summed E-state index contributed by atoms with van der Waals surface area (Å²) in [5.41, 5.74) is 3.72. The number of hydrogen-bond acceptors (Lipinski definition) is 3. The van der Waals surface area contributed by atoms with Crippen LogP contribution in [0.2, 0.25) is 0 Å². The molecule has 1 saturated heterocycles. The minimum atomic E-state index is 0.123. The topological polar surface area (TPSA) is 36.3 Å². The lowest BCUT2D eigenvalue weighted by molar-refractivity contribution is 0.102. The lowest BCUT2D eigenvalue weighted by atomic mass is 9.87. The zero-order valence-electron chi connectivity index (χ0n) is 17.1. The normalized spacial score (nSPS) is 17.3. The largest absolute Gasteiger partial charge is 0.494 e. The molecule has 0 spiro atoms. The average Bonchev–Trinajstić information content (AvgIpc) is 3.33. The third kappa shape index (κ3) is 4.07. The second-order valence-corrected chi connectivity index (χ2v) is 8.59. The van der Waals surface area contributed by atoms with Crippen molar-refractivity contribution >= 4 is 11.0 Å². The van der Waals surface area contributed by atoms with Gasteiger partial charge < -0.3 is 14.0 Å². The summed E-state index contributed by atoms with van der Waals surface area (Å²) in [7, 11) is 0. The van der Waals surface area contributed by atoms with Crippen LogP contribution in [0.4, 0.5) is 0 Å². The average molecular weight is 379 g/mol. The Morgan fingerprint density at radius 3 is 2.61 bits per heavy atom. The third-order valence-corrected chi connectivity index (χ3v) is 5.42. The van der Waals surface area contributed by atoms with Gasteiger partial charge in [-0.2, -0.15) is 0 Å². The van der Waals surface area contributed by atoms with E-state index in [4.69, 9.17) is 14.5 Å².